The fourth-order valence-corrected chi connectivity index (χ4v) is 3.22. The van der Waals surface area contributed by atoms with Crippen molar-refractivity contribution in [3.05, 3.63) is 84.4 Å². The summed E-state index contributed by atoms with van der Waals surface area (Å²) in [4.78, 5) is 15.5. The van der Waals surface area contributed by atoms with Crippen molar-refractivity contribution in [2.24, 2.45) is 0 Å². The number of amides is 1. The quantitative estimate of drug-likeness (QED) is 0.366. The van der Waals surface area contributed by atoms with Crippen molar-refractivity contribution in [2.45, 2.75) is 6.61 Å². The number of ether oxygens (including phenoxy) is 3. The summed E-state index contributed by atoms with van der Waals surface area (Å²) in [5.41, 5.74) is 4.64. The van der Waals surface area contributed by atoms with Gasteiger partial charge in [0.15, 0.2) is 0 Å². The molecule has 0 fully saturated rings. The van der Waals surface area contributed by atoms with Gasteiger partial charge in [-0.1, -0.05) is 30.3 Å². The van der Waals surface area contributed by atoms with Gasteiger partial charge in [0.05, 0.1) is 6.61 Å². The van der Waals surface area contributed by atoms with E-state index in [0.29, 0.717) is 18.9 Å². The first-order valence-electron chi connectivity index (χ1n) is 10.0. The van der Waals surface area contributed by atoms with Gasteiger partial charge in [0.25, 0.3) is 0 Å². The largest absolute Gasteiger partial charge is 0.491 e. The Hall–Kier alpha value is -3.77. The Balaban J connectivity index is 1.40. The van der Waals surface area contributed by atoms with Crippen molar-refractivity contribution >= 4 is 22.7 Å². The van der Waals surface area contributed by atoms with Crippen LogP contribution in [0.2, 0.25) is 0 Å². The van der Waals surface area contributed by atoms with Crippen molar-refractivity contribution in [2.75, 3.05) is 25.6 Å². The molecule has 2 N–H and O–H groups in total. The zero-order valence-corrected chi connectivity index (χ0v) is 17.3. The van der Waals surface area contributed by atoms with Gasteiger partial charge in [-0.05, 0) is 59.7 Å². The van der Waals surface area contributed by atoms with Gasteiger partial charge < -0.3 is 19.2 Å². The van der Waals surface area contributed by atoms with Crippen LogP contribution in [0.15, 0.2) is 78.9 Å². The lowest BCUT2D eigenvalue weighted by Gasteiger charge is -2.07. The number of rotatable bonds is 8. The minimum atomic E-state index is -0.483. The molecule has 0 saturated carbocycles. The summed E-state index contributed by atoms with van der Waals surface area (Å²) in [6.07, 6.45) is -0.483. The predicted octanol–water partition coefficient (Wildman–Crippen LogP) is 5.61. The van der Waals surface area contributed by atoms with Crippen LogP contribution in [0.3, 0.4) is 0 Å². The van der Waals surface area contributed by atoms with Crippen LogP contribution < -0.4 is 10.1 Å². The molecule has 6 nitrogen and oxygen atoms in total. The number of aromatic nitrogens is 1. The van der Waals surface area contributed by atoms with Gasteiger partial charge in [0, 0.05) is 29.4 Å². The highest BCUT2D eigenvalue weighted by Crippen LogP contribution is 2.27. The fourth-order valence-electron chi connectivity index (χ4n) is 3.22. The number of fused-ring (bicyclic) bond motifs is 1. The molecule has 0 aliphatic rings. The number of carbonyl (C=O) groups is 1. The van der Waals surface area contributed by atoms with E-state index in [2.05, 4.69) is 16.4 Å². The lowest BCUT2D eigenvalue weighted by molar-refractivity contribution is 0.146. The lowest BCUT2D eigenvalue weighted by atomic mass is 10.1. The average Bonchev–Trinajstić information content (AvgIpc) is 3.22. The molecule has 0 radical (unpaired) electrons. The molecule has 6 heteroatoms. The highest BCUT2D eigenvalue weighted by Gasteiger charge is 2.08. The first kappa shape index (κ1) is 20.5. The second kappa shape index (κ2) is 9.82. The first-order chi connectivity index (χ1) is 15.2. The van der Waals surface area contributed by atoms with Crippen LogP contribution in [0.1, 0.15) is 5.56 Å². The van der Waals surface area contributed by atoms with Gasteiger partial charge in [-0.25, -0.2) is 4.79 Å². The summed E-state index contributed by atoms with van der Waals surface area (Å²) in [6.45, 7) is 1.31. The molecule has 0 unspecified atom stereocenters. The van der Waals surface area contributed by atoms with Gasteiger partial charge in [-0.2, -0.15) is 0 Å². The van der Waals surface area contributed by atoms with Crippen LogP contribution >= 0.6 is 0 Å². The van der Waals surface area contributed by atoms with E-state index < -0.39 is 6.09 Å². The number of carbonyl (C=O) groups excluding carboxylic acids is 1. The third-order valence-corrected chi connectivity index (χ3v) is 4.80. The zero-order valence-electron chi connectivity index (χ0n) is 17.3. The third kappa shape index (κ3) is 5.43. The number of H-pyrrole nitrogens is 1. The Morgan fingerprint density at radius 2 is 1.74 bits per heavy atom. The van der Waals surface area contributed by atoms with Crippen LogP contribution in [0.4, 0.5) is 10.5 Å². The normalized spacial score (nSPS) is 10.7. The molecule has 0 aliphatic carbocycles. The molecule has 4 aromatic rings. The molecule has 158 valence electrons. The van der Waals surface area contributed by atoms with Gasteiger partial charge in [-0.15, -0.1) is 0 Å². The monoisotopic (exact) mass is 416 g/mol. The molecule has 1 amide bonds. The lowest BCUT2D eigenvalue weighted by Crippen LogP contribution is -2.13. The van der Waals surface area contributed by atoms with Crippen molar-refractivity contribution in [3.63, 3.8) is 0 Å². The summed E-state index contributed by atoms with van der Waals surface area (Å²) < 4.78 is 15.9. The Morgan fingerprint density at radius 3 is 2.52 bits per heavy atom. The highest BCUT2D eigenvalue weighted by atomic mass is 16.5. The van der Waals surface area contributed by atoms with Crippen LogP contribution in [0.25, 0.3) is 22.2 Å². The maximum Gasteiger partial charge on any atom is 0.411 e. The maximum absolute atomic E-state index is 12.1. The Labute approximate surface area is 180 Å². The standard InChI is InChI=1S/C25H24N2O4/c1-29-13-14-30-22-10-7-19(8-11-22)24-16-20-15-21(9-12-23(20)27-24)26-25(28)31-17-18-5-3-2-4-6-18/h2-12,15-16,27H,13-14,17H2,1H3,(H,26,28). The molecule has 3 aromatic carbocycles. The summed E-state index contributed by atoms with van der Waals surface area (Å²) in [6, 6.07) is 25.2. The van der Waals surface area contributed by atoms with Gasteiger partial charge in [0.1, 0.15) is 19.0 Å². The van der Waals surface area contributed by atoms with Crippen LogP contribution in [-0.2, 0) is 16.1 Å². The number of hydrogen-bond acceptors (Lipinski definition) is 4. The molecule has 4 rings (SSSR count). The van der Waals surface area contributed by atoms with E-state index in [9.17, 15) is 4.79 Å². The Bertz CT molecular complexity index is 1140. The number of nitrogens with one attached hydrogen (secondary N) is 2. The Kier molecular flexibility index (Phi) is 6.50. The number of benzene rings is 3. The maximum atomic E-state index is 12.1. The van der Waals surface area contributed by atoms with Crippen molar-refractivity contribution in [3.8, 4) is 17.0 Å². The number of anilines is 1. The molecule has 0 saturated heterocycles. The van der Waals surface area contributed by atoms with E-state index in [1.165, 1.54) is 0 Å². The summed E-state index contributed by atoms with van der Waals surface area (Å²) in [7, 11) is 1.65. The Morgan fingerprint density at radius 1 is 0.935 bits per heavy atom. The van der Waals surface area contributed by atoms with E-state index in [-0.39, 0.29) is 6.61 Å². The van der Waals surface area contributed by atoms with Gasteiger partial charge >= 0.3 is 6.09 Å². The molecule has 0 atom stereocenters. The van der Waals surface area contributed by atoms with Gasteiger partial charge in [0.2, 0.25) is 0 Å². The smallest absolute Gasteiger partial charge is 0.411 e. The van der Waals surface area contributed by atoms with Gasteiger partial charge in [-0.3, -0.25) is 5.32 Å². The molecule has 0 aliphatic heterocycles. The molecule has 0 bridgehead atoms. The average molecular weight is 416 g/mol. The van der Waals surface area contributed by atoms with E-state index in [1.807, 2.05) is 72.8 Å². The van der Waals surface area contributed by atoms with Crippen molar-refractivity contribution < 1.29 is 19.0 Å². The van der Waals surface area contributed by atoms with Crippen molar-refractivity contribution in [1.82, 2.24) is 4.98 Å². The SMILES string of the molecule is COCCOc1ccc(-c2cc3cc(NC(=O)OCc4ccccc4)ccc3[nH]2)cc1. The first-order valence-corrected chi connectivity index (χ1v) is 10.0. The second-order valence-corrected chi connectivity index (χ2v) is 7.04. The molecular weight excluding hydrogens is 392 g/mol. The highest BCUT2D eigenvalue weighted by molar-refractivity contribution is 5.92. The topological polar surface area (TPSA) is 72.6 Å². The third-order valence-electron chi connectivity index (χ3n) is 4.80. The molecule has 0 spiro atoms. The summed E-state index contributed by atoms with van der Waals surface area (Å²) in [5, 5.41) is 3.78. The van der Waals surface area contributed by atoms with Crippen molar-refractivity contribution in [1.29, 1.82) is 0 Å². The fraction of sp³-hybridized carbons (Fsp3) is 0.160. The van der Waals surface area contributed by atoms with Crippen LogP contribution in [0, 0.1) is 0 Å². The zero-order chi connectivity index (χ0) is 21.5. The number of hydrogen-bond donors (Lipinski definition) is 2. The van der Waals surface area contributed by atoms with E-state index >= 15 is 0 Å². The minimum Gasteiger partial charge on any atom is -0.491 e. The molecule has 31 heavy (non-hydrogen) atoms. The van der Waals surface area contributed by atoms with E-state index in [0.717, 1.165) is 33.5 Å². The molecule has 1 aromatic heterocycles. The molecule has 1 heterocycles. The summed E-state index contributed by atoms with van der Waals surface area (Å²) in [5.74, 6) is 0.803. The predicted molar refractivity (Wildman–Crippen MR) is 121 cm³/mol. The molecular formula is C25H24N2O4. The minimum absolute atomic E-state index is 0.231. The summed E-state index contributed by atoms with van der Waals surface area (Å²) >= 11 is 0. The van der Waals surface area contributed by atoms with E-state index in [1.54, 1.807) is 7.11 Å². The van der Waals surface area contributed by atoms with E-state index in [4.69, 9.17) is 14.2 Å². The second-order valence-electron chi connectivity index (χ2n) is 7.04. The van der Waals surface area contributed by atoms with Crippen LogP contribution in [0.5, 0.6) is 5.75 Å². The van der Waals surface area contributed by atoms with Crippen LogP contribution in [-0.4, -0.2) is 31.4 Å². The number of methoxy groups -OCH3 is 1. The number of aromatic amines is 1.